The Morgan fingerprint density at radius 1 is 1.36 bits per heavy atom. The molecule has 0 atom stereocenters. The number of hydrogen-bond acceptors (Lipinski definition) is 3. The third-order valence-electron chi connectivity index (χ3n) is 2.56. The number of likely N-dealkylation sites (tertiary alicyclic amines) is 1. The molecule has 1 amide bonds. The molecule has 4 heteroatoms. The van der Waals surface area contributed by atoms with Gasteiger partial charge < -0.3 is 10.0 Å². The molecule has 0 aromatic rings. The van der Waals surface area contributed by atoms with Gasteiger partial charge in [-0.3, -0.25) is 9.59 Å². The van der Waals surface area contributed by atoms with Crippen LogP contribution in [0.3, 0.4) is 0 Å². The van der Waals surface area contributed by atoms with Gasteiger partial charge in [0.05, 0.1) is 12.5 Å². The highest BCUT2D eigenvalue weighted by atomic mass is 16.3. The maximum absolute atomic E-state index is 11.5. The average Bonchev–Trinajstić information content (AvgIpc) is 2.18. The summed E-state index contributed by atoms with van der Waals surface area (Å²) >= 11 is 0. The highest BCUT2D eigenvalue weighted by Gasteiger charge is 2.22. The molecule has 1 N–H and O–H groups in total. The number of carbonyl (C=O) groups is 2. The van der Waals surface area contributed by atoms with Gasteiger partial charge >= 0.3 is 0 Å². The summed E-state index contributed by atoms with van der Waals surface area (Å²) in [6.45, 7) is 2.92. The van der Waals surface area contributed by atoms with Crippen molar-refractivity contribution in [2.75, 3.05) is 13.1 Å². The van der Waals surface area contributed by atoms with Crippen molar-refractivity contribution in [1.82, 2.24) is 4.90 Å². The Morgan fingerprint density at radius 3 is 2.43 bits per heavy atom. The molecule has 0 spiro atoms. The molecule has 0 bridgehead atoms. The monoisotopic (exact) mass is 199 g/mol. The van der Waals surface area contributed by atoms with Crippen molar-refractivity contribution in [3.8, 4) is 0 Å². The number of nitrogens with zero attached hydrogens (tertiary/aromatic N) is 1. The van der Waals surface area contributed by atoms with Crippen molar-refractivity contribution in [2.45, 2.75) is 38.7 Å². The summed E-state index contributed by atoms with van der Waals surface area (Å²) in [6, 6.07) is 0. The standard InChI is InChI=1S/C10H17NO3/c1-2-8(12)7-10(14)11-5-3-9(13)4-6-11/h9,13H,2-7H2,1H3. The Balaban J connectivity index is 2.34. The van der Waals surface area contributed by atoms with E-state index in [1.807, 2.05) is 0 Å². The second-order valence-corrected chi connectivity index (χ2v) is 3.68. The number of rotatable bonds is 3. The molecule has 0 saturated carbocycles. The van der Waals surface area contributed by atoms with Crippen molar-refractivity contribution in [1.29, 1.82) is 0 Å². The largest absolute Gasteiger partial charge is 0.393 e. The van der Waals surface area contributed by atoms with Gasteiger partial charge in [0.15, 0.2) is 0 Å². The lowest BCUT2D eigenvalue weighted by molar-refractivity contribution is -0.136. The summed E-state index contributed by atoms with van der Waals surface area (Å²) in [5.41, 5.74) is 0. The molecule has 1 aliphatic heterocycles. The molecule has 0 aromatic carbocycles. The molecule has 0 aliphatic carbocycles. The molecule has 80 valence electrons. The fourth-order valence-electron chi connectivity index (χ4n) is 1.52. The first-order valence-electron chi connectivity index (χ1n) is 5.11. The number of piperidine rings is 1. The van der Waals surface area contributed by atoms with E-state index in [4.69, 9.17) is 0 Å². The van der Waals surface area contributed by atoms with Gasteiger partial charge in [-0.1, -0.05) is 6.92 Å². The SMILES string of the molecule is CCC(=O)CC(=O)N1CCC(O)CC1. The average molecular weight is 199 g/mol. The van der Waals surface area contributed by atoms with E-state index in [0.29, 0.717) is 32.4 Å². The van der Waals surface area contributed by atoms with Gasteiger partial charge in [0.1, 0.15) is 5.78 Å². The van der Waals surface area contributed by atoms with Crippen LogP contribution in [-0.4, -0.2) is 40.9 Å². The van der Waals surface area contributed by atoms with Crippen molar-refractivity contribution in [3.05, 3.63) is 0 Å². The van der Waals surface area contributed by atoms with E-state index in [1.165, 1.54) is 0 Å². The maximum atomic E-state index is 11.5. The number of aliphatic hydroxyl groups excluding tert-OH is 1. The summed E-state index contributed by atoms with van der Waals surface area (Å²) in [5.74, 6) is -0.107. The Bertz CT molecular complexity index is 219. The van der Waals surface area contributed by atoms with Crippen LogP contribution in [0.2, 0.25) is 0 Å². The molecule has 1 fully saturated rings. The Kier molecular flexibility index (Phi) is 4.07. The van der Waals surface area contributed by atoms with E-state index in [9.17, 15) is 14.7 Å². The third-order valence-corrected chi connectivity index (χ3v) is 2.56. The zero-order valence-corrected chi connectivity index (χ0v) is 8.53. The molecule has 0 unspecified atom stereocenters. The van der Waals surface area contributed by atoms with E-state index in [-0.39, 0.29) is 24.2 Å². The maximum Gasteiger partial charge on any atom is 0.230 e. The van der Waals surface area contributed by atoms with E-state index in [2.05, 4.69) is 0 Å². The first kappa shape index (κ1) is 11.2. The van der Waals surface area contributed by atoms with Crippen molar-refractivity contribution in [2.24, 2.45) is 0 Å². The van der Waals surface area contributed by atoms with Crippen LogP contribution < -0.4 is 0 Å². The van der Waals surface area contributed by atoms with Gasteiger partial charge in [0.25, 0.3) is 0 Å². The molecule has 0 aromatic heterocycles. The van der Waals surface area contributed by atoms with Crippen LogP contribution in [0.25, 0.3) is 0 Å². The third kappa shape index (κ3) is 3.10. The number of carbonyl (C=O) groups excluding carboxylic acids is 2. The van der Waals surface area contributed by atoms with Crippen LogP contribution in [0.15, 0.2) is 0 Å². The van der Waals surface area contributed by atoms with Gasteiger partial charge in [-0.2, -0.15) is 0 Å². The smallest absolute Gasteiger partial charge is 0.230 e. The molecule has 1 heterocycles. The van der Waals surface area contributed by atoms with Crippen LogP contribution in [0.4, 0.5) is 0 Å². The summed E-state index contributed by atoms with van der Waals surface area (Å²) in [7, 11) is 0. The lowest BCUT2D eigenvalue weighted by Crippen LogP contribution is -2.40. The Hall–Kier alpha value is -0.900. The Morgan fingerprint density at radius 2 is 1.93 bits per heavy atom. The van der Waals surface area contributed by atoms with Crippen LogP contribution in [0, 0.1) is 0 Å². The molecular formula is C10H17NO3. The van der Waals surface area contributed by atoms with Crippen LogP contribution >= 0.6 is 0 Å². The lowest BCUT2D eigenvalue weighted by Gasteiger charge is -2.29. The van der Waals surface area contributed by atoms with Crippen molar-refractivity contribution in [3.63, 3.8) is 0 Å². The van der Waals surface area contributed by atoms with E-state index in [0.717, 1.165) is 0 Å². The van der Waals surface area contributed by atoms with E-state index in [1.54, 1.807) is 11.8 Å². The van der Waals surface area contributed by atoms with Crippen LogP contribution in [0.1, 0.15) is 32.6 Å². The summed E-state index contributed by atoms with van der Waals surface area (Å²) in [5, 5.41) is 9.23. The normalized spacial score (nSPS) is 18.3. The fourth-order valence-corrected chi connectivity index (χ4v) is 1.52. The van der Waals surface area contributed by atoms with Gasteiger partial charge in [0, 0.05) is 19.5 Å². The number of amides is 1. The van der Waals surface area contributed by atoms with Gasteiger partial charge in [-0.25, -0.2) is 0 Å². The zero-order chi connectivity index (χ0) is 10.6. The lowest BCUT2D eigenvalue weighted by atomic mass is 10.1. The number of ketones is 1. The predicted molar refractivity (Wildman–Crippen MR) is 51.7 cm³/mol. The molecule has 1 rings (SSSR count). The predicted octanol–water partition coefficient (Wildman–Crippen LogP) is 0.339. The highest BCUT2D eigenvalue weighted by Crippen LogP contribution is 2.11. The van der Waals surface area contributed by atoms with Crippen LogP contribution in [0.5, 0.6) is 0 Å². The minimum Gasteiger partial charge on any atom is -0.393 e. The first-order valence-corrected chi connectivity index (χ1v) is 5.11. The zero-order valence-electron chi connectivity index (χ0n) is 8.53. The molecule has 1 saturated heterocycles. The number of hydrogen-bond donors (Lipinski definition) is 1. The molecule has 1 aliphatic rings. The minimum absolute atomic E-state index is 0.0129. The topological polar surface area (TPSA) is 57.6 Å². The van der Waals surface area contributed by atoms with Gasteiger partial charge in [-0.15, -0.1) is 0 Å². The summed E-state index contributed by atoms with van der Waals surface area (Å²) in [4.78, 5) is 24.2. The molecular weight excluding hydrogens is 182 g/mol. The van der Waals surface area contributed by atoms with E-state index < -0.39 is 0 Å². The van der Waals surface area contributed by atoms with Crippen molar-refractivity contribution < 1.29 is 14.7 Å². The molecule has 14 heavy (non-hydrogen) atoms. The minimum atomic E-state index is -0.277. The second kappa shape index (κ2) is 5.10. The fraction of sp³-hybridized carbons (Fsp3) is 0.800. The quantitative estimate of drug-likeness (QED) is 0.667. The summed E-state index contributed by atoms with van der Waals surface area (Å²) < 4.78 is 0. The molecule has 0 radical (unpaired) electrons. The van der Waals surface area contributed by atoms with Crippen LogP contribution in [-0.2, 0) is 9.59 Å². The van der Waals surface area contributed by atoms with Gasteiger partial charge in [-0.05, 0) is 12.8 Å². The second-order valence-electron chi connectivity index (χ2n) is 3.68. The number of aliphatic hydroxyl groups is 1. The number of Topliss-reactive ketones (excluding diaryl/α,β-unsaturated/α-hetero) is 1. The highest BCUT2D eigenvalue weighted by molar-refractivity contribution is 5.97. The summed E-state index contributed by atoms with van der Waals surface area (Å²) in [6.07, 6.45) is 1.42. The van der Waals surface area contributed by atoms with E-state index >= 15 is 0 Å². The molecule has 4 nitrogen and oxygen atoms in total. The van der Waals surface area contributed by atoms with Gasteiger partial charge in [0.2, 0.25) is 5.91 Å². The van der Waals surface area contributed by atoms with Crippen molar-refractivity contribution >= 4 is 11.7 Å². The Labute approximate surface area is 83.9 Å². The first-order chi connectivity index (χ1) is 6.63.